The van der Waals surface area contributed by atoms with Crippen LogP contribution < -0.4 is 0 Å². The molecule has 10 heteroatoms. The van der Waals surface area contributed by atoms with Gasteiger partial charge in [0.25, 0.3) is 0 Å². The van der Waals surface area contributed by atoms with Gasteiger partial charge in [-0.15, -0.1) is 0 Å². The van der Waals surface area contributed by atoms with Crippen LogP contribution in [0.5, 0.6) is 0 Å². The van der Waals surface area contributed by atoms with Crippen LogP contribution in [-0.2, 0) is 23.1 Å². The summed E-state index contributed by atoms with van der Waals surface area (Å²) in [5.74, 6) is 1.50. The van der Waals surface area contributed by atoms with Crippen molar-refractivity contribution in [3.8, 4) is 11.4 Å². The Labute approximate surface area is 187 Å². The van der Waals surface area contributed by atoms with Crippen molar-refractivity contribution >= 4 is 45.3 Å². The Morgan fingerprint density at radius 1 is 1.34 bits per heavy atom. The molecule has 1 fully saturated rings. The van der Waals surface area contributed by atoms with E-state index in [0.717, 1.165) is 12.1 Å². The summed E-state index contributed by atoms with van der Waals surface area (Å²) in [6.45, 7) is 8.13. The maximum absolute atomic E-state index is 11.9. The minimum absolute atomic E-state index is 0.00952. The molecule has 0 radical (unpaired) electrons. The second kappa shape index (κ2) is 9.06. The van der Waals surface area contributed by atoms with E-state index < -0.39 is 9.84 Å². The SMILES string of the molecule is CCN(Cn1nc(-c2ccc(Cl)cc2Cl)n(CC(C)C)c1=S)[C@H]1CCS(=O)(=O)C1. The molecule has 1 aromatic carbocycles. The van der Waals surface area contributed by atoms with Crippen LogP contribution in [0.15, 0.2) is 18.2 Å². The van der Waals surface area contributed by atoms with Gasteiger partial charge in [0.15, 0.2) is 20.4 Å². The van der Waals surface area contributed by atoms with E-state index in [0.29, 0.717) is 46.2 Å². The van der Waals surface area contributed by atoms with Crippen LogP contribution in [0.25, 0.3) is 11.4 Å². The molecule has 1 aliphatic heterocycles. The molecular weight excluding hydrogens is 451 g/mol. The average molecular weight is 477 g/mol. The van der Waals surface area contributed by atoms with Crippen molar-refractivity contribution in [2.45, 2.75) is 46.4 Å². The van der Waals surface area contributed by atoms with E-state index in [1.807, 2.05) is 17.6 Å². The third-order valence-corrected chi connectivity index (χ3v) is 7.82. The van der Waals surface area contributed by atoms with Gasteiger partial charge in [-0.05, 0) is 49.3 Å². The zero-order valence-electron chi connectivity index (χ0n) is 16.8. The first kappa shape index (κ1) is 22.7. The van der Waals surface area contributed by atoms with Crippen molar-refractivity contribution in [2.75, 3.05) is 18.1 Å². The van der Waals surface area contributed by atoms with Crippen LogP contribution in [0.4, 0.5) is 0 Å². The summed E-state index contributed by atoms with van der Waals surface area (Å²) < 4.78 is 28.2. The Morgan fingerprint density at radius 3 is 2.62 bits per heavy atom. The number of nitrogens with zero attached hydrogens (tertiary/aromatic N) is 4. The quantitative estimate of drug-likeness (QED) is 0.550. The summed E-state index contributed by atoms with van der Waals surface area (Å²) in [5, 5.41) is 5.86. The Morgan fingerprint density at radius 2 is 2.07 bits per heavy atom. The molecule has 0 unspecified atom stereocenters. The van der Waals surface area contributed by atoms with Crippen LogP contribution in [-0.4, -0.2) is 51.8 Å². The highest BCUT2D eigenvalue weighted by molar-refractivity contribution is 7.91. The van der Waals surface area contributed by atoms with E-state index in [-0.39, 0.29) is 17.5 Å². The topological polar surface area (TPSA) is 60.1 Å². The van der Waals surface area contributed by atoms with E-state index in [9.17, 15) is 8.42 Å². The van der Waals surface area contributed by atoms with Crippen LogP contribution in [0.3, 0.4) is 0 Å². The fraction of sp³-hybridized carbons (Fsp3) is 0.579. The van der Waals surface area contributed by atoms with Gasteiger partial charge >= 0.3 is 0 Å². The molecule has 0 bridgehead atoms. The lowest BCUT2D eigenvalue weighted by atomic mass is 10.2. The van der Waals surface area contributed by atoms with Gasteiger partial charge in [0.2, 0.25) is 0 Å². The summed E-state index contributed by atoms with van der Waals surface area (Å²) in [4.78, 5) is 2.13. The predicted octanol–water partition coefficient (Wildman–Crippen LogP) is 4.51. The number of benzene rings is 1. The van der Waals surface area contributed by atoms with Crippen LogP contribution in [0.1, 0.15) is 27.2 Å². The van der Waals surface area contributed by atoms with Gasteiger partial charge in [-0.3, -0.25) is 9.47 Å². The lowest BCUT2D eigenvalue weighted by Gasteiger charge is -2.26. The lowest BCUT2D eigenvalue weighted by Crippen LogP contribution is -2.37. The number of aromatic nitrogens is 3. The van der Waals surface area contributed by atoms with E-state index >= 15 is 0 Å². The number of hydrogen-bond acceptors (Lipinski definition) is 5. The highest BCUT2D eigenvalue weighted by Crippen LogP contribution is 2.30. The maximum Gasteiger partial charge on any atom is 0.199 e. The van der Waals surface area contributed by atoms with Gasteiger partial charge in [0, 0.05) is 23.2 Å². The Bertz CT molecular complexity index is 1050. The second-order valence-electron chi connectivity index (χ2n) is 7.84. The predicted molar refractivity (Wildman–Crippen MR) is 121 cm³/mol. The molecule has 2 aromatic rings. The number of rotatable bonds is 7. The highest BCUT2D eigenvalue weighted by Gasteiger charge is 2.32. The minimum Gasteiger partial charge on any atom is -0.300 e. The second-order valence-corrected chi connectivity index (χ2v) is 11.3. The van der Waals surface area contributed by atoms with Crippen LogP contribution in [0.2, 0.25) is 10.0 Å². The molecule has 0 aliphatic carbocycles. The molecule has 0 spiro atoms. The molecule has 0 saturated carbocycles. The van der Waals surface area contributed by atoms with Gasteiger partial charge in [0.1, 0.15) is 0 Å². The third kappa shape index (κ3) is 5.22. The zero-order valence-corrected chi connectivity index (χ0v) is 20.0. The monoisotopic (exact) mass is 476 g/mol. The standard InChI is InChI=1S/C19H26Cl2N4O2S2/c1-4-23(15-7-8-29(26,27)11-15)12-25-19(28)24(10-13(2)3)18(22-25)16-6-5-14(20)9-17(16)21/h5-6,9,13,15H,4,7-8,10-12H2,1-3H3/t15-/m0/s1. The van der Waals surface area contributed by atoms with E-state index in [4.69, 9.17) is 40.5 Å². The van der Waals surface area contributed by atoms with Crippen molar-refractivity contribution < 1.29 is 8.42 Å². The third-order valence-electron chi connectivity index (χ3n) is 5.09. The fourth-order valence-electron chi connectivity index (χ4n) is 3.64. The molecule has 0 N–H and O–H groups in total. The molecule has 0 amide bonds. The first-order valence-electron chi connectivity index (χ1n) is 9.68. The minimum atomic E-state index is -2.96. The number of sulfone groups is 1. The molecule has 1 aromatic heterocycles. The molecule has 160 valence electrons. The van der Waals surface area contributed by atoms with Crippen molar-refractivity contribution in [3.63, 3.8) is 0 Å². The summed E-state index contributed by atoms with van der Waals surface area (Å²) in [5.41, 5.74) is 0.771. The molecule has 1 atom stereocenters. The Kier molecular flexibility index (Phi) is 7.10. The molecule has 2 heterocycles. The largest absolute Gasteiger partial charge is 0.300 e. The number of halogens is 2. The Hall–Kier alpha value is -0.930. The molecule has 3 rings (SSSR count). The van der Waals surface area contributed by atoms with E-state index in [1.54, 1.807) is 16.8 Å². The van der Waals surface area contributed by atoms with Gasteiger partial charge < -0.3 is 0 Å². The molecule has 1 saturated heterocycles. The first-order chi connectivity index (χ1) is 13.6. The maximum atomic E-state index is 11.9. The average Bonchev–Trinajstić information content (AvgIpc) is 3.13. The van der Waals surface area contributed by atoms with Gasteiger partial charge in [-0.1, -0.05) is 44.0 Å². The first-order valence-corrected chi connectivity index (χ1v) is 12.7. The van der Waals surface area contributed by atoms with Crippen molar-refractivity contribution in [1.82, 2.24) is 19.2 Å². The Balaban J connectivity index is 1.99. The molecule has 6 nitrogen and oxygen atoms in total. The number of hydrogen-bond donors (Lipinski definition) is 0. The van der Waals surface area contributed by atoms with Gasteiger partial charge in [-0.25, -0.2) is 13.1 Å². The fourth-order valence-corrected chi connectivity index (χ4v) is 6.16. The summed E-state index contributed by atoms with van der Waals surface area (Å²) in [7, 11) is -2.96. The summed E-state index contributed by atoms with van der Waals surface area (Å²) in [6.07, 6.45) is 0.645. The zero-order chi connectivity index (χ0) is 21.3. The van der Waals surface area contributed by atoms with E-state index in [2.05, 4.69) is 18.7 Å². The lowest BCUT2D eigenvalue weighted by molar-refractivity contribution is 0.163. The van der Waals surface area contributed by atoms with Crippen LogP contribution in [0, 0.1) is 10.7 Å². The van der Waals surface area contributed by atoms with Crippen LogP contribution >= 0.6 is 35.4 Å². The summed E-state index contributed by atoms with van der Waals surface area (Å²) in [6, 6.07) is 5.32. The van der Waals surface area contributed by atoms with Crippen molar-refractivity contribution in [2.24, 2.45) is 5.92 Å². The molecule has 1 aliphatic rings. The van der Waals surface area contributed by atoms with Gasteiger partial charge in [-0.2, -0.15) is 5.10 Å². The molecule has 29 heavy (non-hydrogen) atoms. The summed E-state index contributed by atoms with van der Waals surface area (Å²) >= 11 is 18.2. The van der Waals surface area contributed by atoms with E-state index in [1.165, 1.54) is 0 Å². The highest BCUT2D eigenvalue weighted by atomic mass is 35.5. The smallest absolute Gasteiger partial charge is 0.199 e. The van der Waals surface area contributed by atoms with Crippen molar-refractivity contribution in [1.29, 1.82) is 0 Å². The van der Waals surface area contributed by atoms with Crippen molar-refractivity contribution in [3.05, 3.63) is 33.0 Å². The molecular formula is C19H26Cl2N4O2S2. The normalized spacial score (nSPS) is 18.8. The van der Waals surface area contributed by atoms with Gasteiger partial charge in [0.05, 0.1) is 23.2 Å².